The molecule has 2 rings (SSSR count). The number of rotatable bonds is 3. The third kappa shape index (κ3) is 3.97. The fourth-order valence-electron chi connectivity index (χ4n) is 1.84. The Labute approximate surface area is 128 Å². The van der Waals surface area contributed by atoms with Crippen molar-refractivity contribution in [1.29, 1.82) is 0 Å². The summed E-state index contributed by atoms with van der Waals surface area (Å²) in [5.41, 5.74) is 1.17. The first-order valence-electron chi connectivity index (χ1n) is 6.13. The van der Waals surface area contributed by atoms with Gasteiger partial charge < -0.3 is 5.32 Å². The summed E-state index contributed by atoms with van der Waals surface area (Å²) in [7, 11) is 0. The fourth-order valence-corrected chi connectivity index (χ4v) is 2.34. The van der Waals surface area contributed by atoms with Gasteiger partial charge in [-0.2, -0.15) is 13.2 Å². The van der Waals surface area contributed by atoms with Crippen LogP contribution in [0.4, 0.5) is 23.2 Å². The van der Waals surface area contributed by atoms with Crippen LogP contribution in [0.25, 0.3) is 0 Å². The van der Waals surface area contributed by atoms with Gasteiger partial charge in [-0.05, 0) is 42.3 Å². The van der Waals surface area contributed by atoms with Crippen LogP contribution in [0, 0.1) is 12.7 Å². The molecule has 1 N–H and O–H groups in total. The highest BCUT2D eigenvalue weighted by atomic mass is 79.9. The quantitative estimate of drug-likeness (QED) is 0.709. The molecule has 1 nitrogen and oxygen atoms in total. The lowest BCUT2D eigenvalue weighted by Gasteiger charge is -2.14. The first kappa shape index (κ1) is 15.8. The third-order valence-electron chi connectivity index (χ3n) is 3.05. The van der Waals surface area contributed by atoms with Gasteiger partial charge in [0.15, 0.2) is 0 Å². The van der Waals surface area contributed by atoms with Crippen molar-refractivity contribution in [2.45, 2.75) is 19.6 Å². The Bertz CT molecular complexity index is 653. The van der Waals surface area contributed by atoms with Crippen LogP contribution in [0.15, 0.2) is 40.9 Å². The van der Waals surface area contributed by atoms with Crippen molar-refractivity contribution < 1.29 is 17.6 Å². The van der Waals surface area contributed by atoms with Crippen molar-refractivity contribution >= 4 is 21.6 Å². The molecule has 0 aliphatic rings. The first-order chi connectivity index (χ1) is 9.77. The number of halogens is 5. The van der Waals surface area contributed by atoms with Crippen molar-refractivity contribution in [3.8, 4) is 0 Å². The SMILES string of the molecule is Cc1ccc(C(F)(F)F)cc1NCc1ccc(F)cc1Br. The molecule has 0 atom stereocenters. The lowest BCUT2D eigenvalue weighted by atomic mass is 10.1. The molecule has 0 spiro atoms. The normalized spacial score (nSPS) is 11.5. The van der Waals surface area contributed by atoms with Crippen LogP contribution in [-0.4, -0.2) is 0 Å². The summed E-state index contributed by atoms with van der Waals surface area (Å²) < 4.78 is 51.6. The summed E-state index contributed by atoms with van der Waals surface area (Å²) in [5, 5.41) is 2.95. The monoisotopic (exact) mass is 361 g/mol. The van der Waals surface area contributed by atoms with Crippen LogP contribution in [0.1, 0.15) is 16.7 Å². The highest BCUT2D eigenvalue weighted by molar-refractivity contribution is 9.10. The van der Waals surface area contributed by atoms with Gasteiger partial charge in [0, 0.05) is 16.7 Å². The van der Waals surface area contributed by atoms with Crippen LogP contribution < -0.4 is 5.32 Å². The molecule has 21 heavy (non-hydrogen) atoms. The average Bonchev–Trinajstić information content (AvgIpc) is 2.38. The van der Waals surface area contributed by atoms with Crippen LogP contribution in [0.5, 0.6) is 0 Å². The second kappa shape index (κ2) is 6.05. The number of alkyl halides is 3. The van der Waals surface area contributed by atoms with Gasteiger partial charge in [0.05, 0.1) is 5.56 Å². The molecule has 0 fully saturated rings. The molecule has 112 valence electrons. The maximum absolute atomic E-state index is 13.0. The first-order valence-corrected chi connectivity index (χ1v) is 6.92. The molecule has 0 amide bonds. The van der Waals surface area contributed by atoms with Gasteiger partial charge in [0.2, 0.25) is 0 Å². The Balaban J connectivity index is 2.19. The predicted octanol–water partition coefficient (Wildman–Crippen LogP) is 5.53. The molecule has 2 aromatic rings. The lowest BCUT2D eigenvalue weighted by molar-refractivity contribution is -0.137. The van der Waals surface area contributed by atoms with E-state index in [1.807, 2.05) is 0 Å². The molecule has 0 unspecified atom stereocenters. The van der Waals surface area contributed by atoms with Gasteiger partial charge in [-0.3, -0.25) is 0 Å². The zero-order valence-corrected chi connectivity index (χ0v) is 12.6. The maximum Gasteiger partial charge on any atom is 0.416 e. The molecule has 0 saturated carbocycles. The molecule has 2 aromatic carbocycles. The molecule has 0 aliphatic heterocycles. The second-order valence-corrected chi connectivity index (χ2v) is 5.47. The Hall–Kier alpha value is -1.56. The van der Waals surface area contributed by atoms with Crippen LogP contribution >= 0.6 is 15.9 Å². The Morgan fingerprint density at radius 1 is 1.10 bits per heavy atom. The minimum Gasteiger partial charge on any atom is -0.381 e. The lowest BCUT2D eigenvalue weighted by Crippen LogP contribution is -2.08. The minimum atomic E-state index is -4.37. The number of benzene rings is 2. The van der Waals surface area contributed by atoms with E-state index in [1.165, 1.54) is 18.2 Å². The zero-order chi connectivity index (χ0) is 15.6. The van der Waals surface area contributed by atoms with E-state index in [0.29, 0.717) is 22.3 Å². The minimum absolute atomic E-state index is 0.295. The van der Waals surface area contributed by atoms with E-state index in [9.17, 15) is 17.6 Å². The van der Waals surface area contributed by atoms with E-state index in [1.54, 1.807) is 13.0 Å². The van der Waals surface area contributed by atoms with Gasteiger partial charge in [-0.15, -0.1) is 0 Å². The average molecular weight is 362 g/mol. The van der Waals surface area contributed by atoms with E-state index in [-0.39, 0.29) is 5.82 Å². The van der Waals surface area contributed by atoms with Crippen LogP contribution in [0.3, 0.4) is 0 Å². The van der Waals surface area contributed by atoms with E-state index < -0.39 is 11.7 Å². The van der Waals surface area contributed by atoms with E-state index >= 15 is 0 Å². The zero-order valence-electron chi connectivity index (χ0n) is 11.1. The molecule has 0 aromatic heterocycles. The highest BCUT2D eigenvalue weighted by Crippen LogP contribution is 2.32. The third-order valence-corrected chi connectivity index (χ3v) is 3.79. The van der Waals surface area contributed by atoms with Crippen molar-refractivity contribution in [2.24, 2.45) is 0 Å². The predicted molar refractivity (Wildman–Crippen MR) is 77.6 cm³/mol. The summed E-state index contributed by atoms with van der Waals surface area (Å²) in [6.45, 7) is 2.02. The number of hydrogen-bond acceptors (Lipinski definition) is 1. The maximum atomic E-state index is 13.0. The summed E-state index contributed by atoms with van der Waals surface area (Å²) in [6, 6.07) is 7.75. The molecule has 0 radical (unpaired) electrons. The Morgan fingerprint density at radius 2 is 1.81 bits per heavy atom. The number of anilines is 1. The second-order valence-electron chi connectivity index (χ2n) is 4.62. The smallest absolute Gasteiger partial charge is 0.381 e. The summed E-state index contributed by atoms with van der Waals surface area (Å²) in [4.78, 5) is 0. The molecule has 6 heteroatoms. The van der Waals surface area contributed by atoms with Gasteiger partial charge in [0.1, 0.15) is 5.82 Å². The van der Waals surface area contributed by atoms with E-state index in [4.69, 9.17) is 0 Å². The van der Waals surface area contributed by atoms with Crippen molar-refractivity contribution in [3.63, 3.8) is 0 Å². The fraction of sp³-hybridized carbons (Fsp3) is 0.200. The number of nitrogens with one attached hydrogen (secondary N) is 1. The van der Waals surface area contributed by atoms with Crippen LogP contribution in [-0.2, 0) is 12.7 Å². The Morgan fingerprint density at radius 3 is 2.43 bits per heavy atom. The molecule has 0 heterocycles. The highest BCUT2D eigenvalue weighted by Gasteiger charge is 2.30. The van der Waals surface area contributed by atoms with Gasteiger partial charge in [-0.25, -0.2) is 4.39 Å². The topological polar surface area (TPSA) is 12.0 Å². The van der Waals surface area contributed by atoms with Gasteiger partial charge in [-0.1, -0.05) is 28.1 Å². The number of aryl methyl sites for hydroxylation is 1. The van der Waals surface area contributed by atoms with Gasteiger partial charge in [0.25, 0.3) is 0 Å². The largest absolute Gasteiger partial charge is 0.416 e. The molecular weight excluding hydrogens is 350 g/mol. The molecular formula is C15H12BrF4N. The van der Waals surface area contributed by atoms with E-state index in [0.717, 1.165) is 17.7 Å². The number of hydrogen-bond donors (Lipinski definition) is 1. The van der Waals surface area contributed by atoms with E-state index in [2.05, 4.69) is 21.2 Å². The van der Waals surface area contributed by atoms with Crippen molar-refractivity contribution in [2.75, 3.05) is 5.32 Å². The Kier molecular flexibility index (Phi) is 4.56. The standard InChI is InChI=1S/C15H12BrF4N/c1-9-2-4-11(15(18,19)20)6-14(9)21-8-10-3-5-12(17)7-13(10)16/h2-7,21H,8H2,1H3. The van der Waals surface area contributed by atoms with Crippen molar-refractivity contribution in [1.82, 2.24) is 0 Å². The summed E-state index contributed by atoms with van der Waals surface area (Å²) in [5.74, 6) is -0.374. The van der Waals surface area contributed by atoms with Crippen molar-refractivity contribution in [3.05, 3.63) is 63.4 Å². The molecule has 0 saturated heterocycles. The molecule has 0 bridgehead atoms. The summed E-state index contributed by atoms with van der Waals surface area (Å²) in [6.07, 6.45) is -4.37. The molecule has 0 aliphatic carbocycles. The van der Waals surface area contributed by atoms with Crippen LogP contribution in [0.2, 0.25) is 0 Å². The summed E-state index contributed by atoms with van der Waals surface area (Å²) >= 11 is 3.23. The van der Waals surface area contributed by atoms with Gasteiger partial charge >= 0.3 is 6.18 Å².